The predicted molar refractivity (Wildman–Crippen MR) is 74.0 cm³/mol. The number of oxazole rings is 1. The molecule has 0 saturated carbocycles. The molecule has 0 amide bonds. The minimum absolute atomic E-state index is 0.566. The molecular formula is C13H14Cl2N2O. The third-order valence-electron chi connectivity index (χ3n) is 2.54. The van der Waals surface area contributed by atoms with Gasteiger partial charge in [0.1, 0.15) is 5.69 Å². The Kier molecular flexibility index (Phi) is 4.64. The average Bonchev–Trinajstić information content (AvgIpc) is 2.78. The summed E-state index contributed by atoms with van der Waals surface area (Å²) >= 11 is 12.0. The zero-order valence-corrected chi connectivity index (χ0v) is 11.6. The summed E-state index contributed by atoms with van der Waals surface area (Å²) < 4.78 is 5.42. The molecule has 0 radical (unpaired) electrons. The lowest BCUT2D eigenvalue weighted by Gasteiger charge is -2.05. The first-order valence-electron chi connectivity index (χ1n) is 5.81. The minimum atomic E-state index is 0.566. The molecule has 1 N–H and O–H groups in total. The van der Waals surface area contributed by atoms with Gasteiger partial charge in [-0.1, -0.05) is 30.1 Å². The monoisotopic (exact) mass is 284 g/mol. The van der Waals surface area contributed by atoms with Crippen LogP contribution in [0.25, 0.3) is 11.3 Å². The number of hydrogen-bond donors (Lipinski definition) is 1. The van der Waals surface area contributed by atoms with Gasteiger partial charge in [-0.3, -0.25) is 0 Å². The molecule has 5 heteroatoms. The lowest BCUT2D eigenvalue weighted by molar-refractivity contribution is 0.569. The molecule has 2 rings (SSSR count). The van der Waals surface area contributed by atoms with Gasteiger partial charge in [0, 0.05) is 17.1 Å². The molecule has 1 heterocycles. The quantitative estimate of drug-likeness (QED) is 0.839. The maximum atomic E-state index is 6.16. The maximum Gasteiger partial charge on any atom is 0.181 e. The summed E-state index contributed by atoms with van der Waals surface area (Å²) in [4.78, 5) is 4.21. The zero-order chi connectivity index (χ0) is 13.0. The summed E-state index contributed by atoms with van der Waals surface area (Å²) in [5.41, 5.74) is 1.67. The number of rotatable bonds is 5. The van der Waals surface area contributed by atoms with E-state index in [1.807, 2.05) is 6.07 Å². The smallest absolute Gasteiger partial charge is 0.181 e. The molecule has 0 fully saturated rings. The molecule has 0 aliphatic heterocycles. The molecule has 96 valence electrons. The first-order chi connectivity index (χ1) is 8.72. The van der Waals surface area contributed by atoms with Gasteiger partial charge < -0.3 is 9.73 Å². The molecule has 0 atom stereocenters. The molecule has 18 heavy (non-hydrogen) atoms. The Morgan fingerprint density at radius 1 is 1.33 bits per heavy atom. The number of hydrogen-bond acceptors (Lipinski definition) is 3. The van der Waals surface area contributed by atoms with Crippen molar-refractivity contribution in [1.82, 2.24) is 10.3 Å². The lowest BCUT2D eigenvalue weighted by atomic mass is 10.1. The zero-order valence-electron chi connectivity index (χ0n) is 10.0. The van der Waals surface area contributed by atoms with Crippen LogP contribution in [0.3, 0.4) is 0 Å². The van der Waals surface area contributed by atoms with Crippen LogP contribution in [0.4, 0.5) is 0 Å². The van der Waals surface area contributed by atoms with Crippen LogP contribution in [-0.2, 0) is 6.54 Å². The first kappa shape index (κ1) is 13.4. The second kappa shape index (κ2) is 6.23. The summed E-state index contributed by atoms with van der Waals surface area (Å²) in [5.74, 6) is 0.695. The van der Waals surface area contributed by atoms with Crippen molar-refractivity contribution >= 4 is 23.2 Å². The Morgan fingerprint density at radius 2 is 2.17 bits per heavy atom. The Morgan fingerprint density at radius 3 is 2.89 bits per heavy atom. The lowest BCUT2D eigenvalue weighted by Crippen LogP contribution is -2.14. The van der Waals surface area contributed by atoms with Crippen LogP contribution in [0.1, 0.15) is 19.0 Å². The van der Waals surface area contributed by atoms with Crippen molar-refractivity contribution < 1.29 is 4.42 Å². The fourth-order valence-corrected chi connectivity index (χ4v) is 2.17. The highest BCUT2D eigenvalue weighted by molar-refractivity contribution is 6.36. The molecule has 0 saturated heterocycles. The maximum absolute atomic E-state index is 6.16. The van der Waals surface area contributed by atoms with Gasteiger partial charge in [-0.2, -0.15) is 0 Å². The van der Waals surface area contributed by atoms with Crippen molar-refractivity contribution in [3.8, 4) is 11.3 Å². The van der Waals surface area contributed by atoms with E-state index in [-0.39, 0.29) is 0 Å². The van der Waals surface area contributed by atoms with Crippen molar-refractivity contribution in [2.45, 2.75) is 19.9 Å². The molecule has 0 aliphatic carbocycles. The van der Waals surface area contributed by atoms with Crippen LogP contribution in [0.15, 0.2) is 29.0 Å². The van der Waals surface area contributed by atoms with Gasteiger partial charge in [0.05, 0.1) is 5.02 Å². The summed E-state index contributed by atoms with van der Waals surface area (Å²) in [6, 6.07) is 5.33. The third kappa shape index (κ3) is 3.05. The van der Waals surface area contributed by atoms with E-state index in [1.54, 1.807) is 12.1 Å². The van der Waals surface area contributed by atoms with E-state index >= 15 is 0 Å². The summed E-state index contributed by atoms with van der Waals surface area (Å²) in [6.45, 7) is 3.73. The third-order valence-corrected chi connectivity index (χ3v) is 3.08. The van der Waals surface area contributed by atoms with Crippen LogP contribution >= 0.6 is 23.2 Å². The van der Waals surface area contributed by atoms with Gasteiger partial charge in [0.15, 0.2) is 12.2 Å². The molecule has 3 nitrogen and oxygen atoms in total. The van der Waals surface area contributed by atoms with Gasteiger partial charge in [0.25, 0.3) is 0 Å². The summed E-state index contributed by atoms with van der Waals surface area (Å²) in [7, 11) is 0. The van der Waals surface area contributed by atoms with Crippen LogP contribution < -0.4 is 5.32 Å². The van der Waals surface area contributed by atoms with Gasteiger partial charge in [-0.25, -0.2) is 4.98 Å². The normalized spacial score (nSPS) is 10.8. The fourth-order valence-electron chi connectivity index (χ4n) is 1.67. The van der Waals surface area contributed by atoms with Crippen molar-refractivity contribution in [2.24, 2.45) is 0 Å². The van der Waals surface area contributed by atoms with E-state index in [4.69, 9.17) is 27.6 Å². The fraction of sp³-hybridized carbons (Fsp3) is 0.308. The Labute approximate surface area is 116 Å². The Balaban J connectivity index is 2.25. The van der Waals surface area contributed by atoms with E-state index in [1.165, 1.54) is 6.39 Å². The first-order valence-corrected chi connectivity index (χ1v) is 6.56. The average molecular weight is 285 g/mol. The van der Waals surface area contributed by atoms with Gasteiger partial charge >= 0.3 is 0 Å². The Bertz CT molecular complexity index is 525. The van der Waals surface area contributed by atoms with E-state index in [0.29, 0.717) is 22.4 Å². The van der Waals surface area contributed by atoms with Crippen molar-refractivity contribution in [3.63, 3.8) is 0 Å². The molecule has 1 aromatic carbocycles. The van der Waals surface area contributed by atoms with Crippen LogP contribution in [-0.4, -0.2) is 11.5 Å². The molecule has 1 aromatic heterocycles. The van der Waals surface area contributed by atoms with E-state index < -0.39 is 0 Å². The number of halogens is 2. The van der Waals surface area contributed by atoms with Crippen molar-refractivity contribution in [2.75, 3.05) is 6.54 Å². The molecule has 0 bridgehead atoms. The van der Waals surface area contributed by atoms with Gasteiger partial charge in [-0.15, -0.1) is 0 Å². The van der Waals surface area contributed by atoms with Gasteiger partial charge in [0.2, 0.25) is 0 Å². The summed E-state index contributed by atoms with van der Waals surface area (Å²) in [5, 5.41) is 4.46. The molecule has 0 unspecified atom stereocenters. The SMILES string of the molecule is CCCNCc1ncoc1-c1ccc(Cl)cc1Cl. The highest BCUT2D eigenvalue weighted by atomic mass is 35.5. The minimum Gasteiger partial charge on any atom is -0.443 e. The largest absolute Gasteiger partial charge is 0.443 e. The highest BCUT2D eigenvalue weighted by Crippen LogP contribution is 2.32. The number of nitrogens with zero attached hydrogens (tertiary/aromatic N) is 1. The standard InChI is InChI=1S/C13H14Cl2N2O/c1-2-5-16-7-12-13(18-8-17-12)10-4-3-9(14)6-11(10)15/h3-4,6,8,16H,2,5,7H2,1H3. The van der Waals surface area contributed by atoms with Crippen molar-refractivity contribution in [3.05, 3.63) is 40.3 Å². The topological polar surface area (TPSA) is 38.1 Å². The predicted octanol–water partition coefficient (Wildman–Crippen LogP) is 4.15. The molecule has 2 aromatic rings. The molecule has 0 spiro atoms. The highest BCUT2D eigenvalue weighted by Gasteiger charge is 2.13. The van der Waals surface area contributed by atoms with Gasteiger partial charge in [-0.05, 0) is 31.2 Å². The summed E-state index contributed by atoms with van der Waals surface area (Å²) in [6.07, 6.45) is 2.51. The molecule has 0 aliphatic rings. The van der Waals surface area contributed by atoms with E-state index in [0.717, 1.165) is 24.2 Å². The van der Waals surface area contributed by atoms with Crippen LogP contribution in [0.5, 0.6) is 0 Å². The van der Waals surface area contributed by atoms with Crippen molar-refractivity contribution in [1.29, 1.82) is 0 Å². The van der Waals surface area contributed by atoms with Crippen LogP contribution in [0, 0.1) is 0 Å². The number of aromatic nitrogens is 1. The Hall–Kier alpha value is -1.03. The second-order valence-electron chi connectivity index (χ2n) is 3.93. The number of nitrogens with one attached hydrogen (secondary N) is 1. The number of benzene rings is 1. The second-order valence-corrected chi connectivity index (χ2v) is 4.77. The van der Waals surface area contributed by atoms with E-state index in [2.05, 4.69) is 17.2 Å². The molecular weight excluding hydrogens is 271 g/mol. The van der Waals surface area contributed by atoms with E-state index in [9.17, 15) is 0 Å². The van der Waals surface area contributed by atoms with Crippen LogP contribution in [0.2, 0.25) is 10.0 Å².